The van der Waals surface area contributed by atoms with Crippen LogP contribution in [0.2, 0.25) is 0 Å². The predicted octanol–water partition coefficient (Wildman–Crippen LogP) is 0.949. The minimum absolute atomic E-state index is 0.217. The van der Waals surface area contributed by atoms with E-state index < -0.39 is 0 Å². The molecule has 4 heteroatoms. The topological polar surface area (TPSA) is 43.8 Å². The molecular weight excluding hydrogens is 228 g/mol. The SMILES string of the molecule is C[C@H]1CC[C@H](C(=O)N2CCN(CCO)CC2)CC1. The van der Waals surface area contributed by atoms with E-state index >= 15 is 0 Å². The number of rotatable bonds is 3. The molecule has 1 amide bonds. The van der Waals surface area contributed by atoms with Crippen LogP contribution in [-0.2, 0) is 4.79 Å². The van der Waals surface area contributed by atoms with Gasteiger partial charge in [0.15, 0.2) is 0 Å². The average molecular weight is 254 g/mol. The van der Waals surface area contributed by atoms with Crippen LogP contribution in [0.15, 0.2) is 0 Å². The zero-order valence-corrected chi connectivity index (χ0v) is 11.5. The molecule has 1 aliphatic carbocycles. The Balaban J connectivity index is 1.77. The number of β-amino-alcohol motifs (C(OH)–C–C–N with tert-alkyl or cyclic N) is 1. The number of hydrogen-bond acceptors (Lipinski definition) is 3. The normalized spacial score (nSPS) is 30.4. The van der Waals surface area contributed by atoms with Crippen molar-refractivity contribution in [3.63, 3.8) is 0 Å². The van der Waals surface area contributed by atoms with E-state index in [1.54, 1.807) is 0 Å². The van der Waals surface area contributed by atoms with Gasteiger partial charge in [0.2, 0.25) is 5.91 Å². The van der Waals surface area contributed by atoms with Gasteiger partial charge in [-0.1, -0.05) is 6.92 Å². The number of nitrogens with zero attached hydrogens (tertiary/aromatic N) is 2. The molecule has 2 fully saturated rings. The fraction of sp³-hybridized carbons (Fsp3) is 0.929. The highest BCUT2D eigenvalue weighted by atomic mass is 16.3. The molecule has 1 N–H and O–H groups in total. The number of aliphatic hydroxyl groups is 1. The summed E-state index contributed by atoms with van der Waals surface area (Å²) in [5.41, 5.74) is 0. The van der Waals surface area contributed by atoms with Crippen molar-refractivity contribution >= 4 is 5.91 Å². The summed E-state index contributed by atoms with van der Waals surface area (Å²) < 4.78 is 0. The smallest absolute Gasteiger partial charge is 0.225 e. The first-order valence-electron chi connectivity index (χ1n) is 7.32. The first-order chi connectivity index (χ1) is 8.70. The lowest BCUT2D eigenvalue weighted by Gasteiger charge is -2.37. The summed E-state index contributed by atoms with van der Waals surface area (Å²) in [6.07, 6.45) is 4.58. The number of carbonyl (C=O) groups excluding carboxylic acids is 1. The summed E-state index contributed by atoms with van der Waals surface area (Å²) in [4.78, 5) is 16.6. The van der Waals surface area contributed by atoms with E-state index in [9.17, 15) is 4.79 Å². The molecule has 0 aromatic rings. The summed E-state index contributed by atoms with van der Waals surface area (Å²) in [6, 6.07) is 0. The van der Waals surface area contributed by atoms with Crippen molar-refractivity contribution < 1.29 is 9.90 Å². The van der Waals surface area contributed by atoms with Gasteiger partial charge in [-0.15, -0.1) is 0 Å². The molecular formula is C14H26N2O2. The van der Waals surface area contributed by atoms with Gasteiger partial charge < -0.3 is 10.0 Å². The first-order valence-corrected chi connectivity index (χ1v) is 7.32. The Bertz CT molecular complexity index is 267. The molecule has 0 bridgehead atoms. The molecule has 0 spiro atoms. The summed E-state index contributed by atoms with van der Waals surface area (Å²) >= 11 is 0. The fourth-order valence-electron chi connectivity index (χ4n) is 3.10. The second-order valence-corrected chi connectivity index (χ2v) is 5.85. The molecule has 0 aromatic carbocycles. The molecule has 0 radical (unpaired) electrons. The summed E-state index contributed by atoms with van der Waals surface area (Å²) in [5.74, 6) is 1.46. The van der Waals surface area contributed by atoms with Gasteiger partial charge in [0, 0.05) is 38.6 Å². The lowest BCUT2D eigenvalue weighted by atomic mass is 9.82. The molecule has 0 aromatic heterocycles. The summed E-state index contributed by atoms with van der Waals surface area (Å²) in [6.45, 7) is 6.74. The number of hydrogen-bond donors (Lipinski definition) is 1. The van der Waals surface area contributed by atoms with Crippen LogP contribution in [0.4, 0.5) is 0 Å². The van der Waals surface area contributed by atoms with Crippen molar-refractivity contribution in [2.24, 2.45) is 11.8 Å². The monoisotopic (exact) mass is 254 g/mol. The Morgan fingerprint density at radius 1 is 1.11 bits per heavy atom. The molecule has 1 saturated heterocycles. The van der Waals surface area contributed by atoms with E-state index in [1.165, 1.54) is 12.8 Å². The molecule has 0 atom stereocenters. The van der Waals surface area contributed by atoms with Crippen molar-refractivity contribution in [1.29, 1.82) is 0 Å². The highest BCUT2D eigenvalue weighted by Crippen LogP contribution is 2.29. The van der Waals surface area contributed by atoms with Crippen molar-refractivity contribution in [1.82, 2.24) is 9.80 Å². The maximum atomic E-state index is 12.4. The average Bonchev–Trinajstić information content (AvgIpc) is 2.40. The van der Waals surface area contributed by atoms with E-state index in [2.05, 4.69) is 11.8 Å². The van der Waals surface area contributed by atoms with E-state index in [0.29, 0.717) is 5.91 Å². The van der Waals surface area contributed by atoms with Crippen LogP contribution in [0.3, 0.4) is 0 Å². The first kappa shape index (κ1) is 13.8. The van der Waals surface area contributed by atoms with Crippen molar-refractivity contribution in [2.45, 2.75) is 32.6 Å². The number of carbonyl (C=O) groups is 1. The predicted molar refractivity (Wildman–Crippen MR) is 71.2 cm³/mol. The van der Waals surface area contributed by atoms with Crippen LogP contribution in [-0.4, -0.2) is 60.1 Å². The molecule has 1 aliphatic heterocycles. The second kappa shape index (κ2) is 6.53. The Morgan fingerprint density at radius 2 is 1.72 bits per heavy atom. The third-order valence-electron chi connectivity index (χ3n) is 4.47. The molecule has 0 unspecified atom stereocenters. The molecule has 104 valence electrons. The molecule has 2 rings (SSSR count). The Labute approximate surface area is 110 Å². The van der Waals surface area contributed by atoms with Crippen molar-refractivity contribution in [3.8, 4) is 0 Å². The molecule has 4 nitrogen and oxygen atoms in total. The Kier molecular flexibility index (Phi) is 5.01. The lowest BCUT2D eigenvalue weighted by Crippen LogP contribution is -2.51. The van der Waals surface area contributed by atoms with Gasteiger partial charge >= 0.3 is 0 Å². The third-order valence-corrected chi connectivity index (χ3v) is 4.47. The van der Waals surface area contributed by atoms with Crippen LogP contribution in [0.25, 0.3) is 0 Å². The maximum Gasteiger partial charge on any atom is 0.225 e. The van der Waals surface area contributed by atoms with Crippen LogP contribution >= 0.6 is 0 Å². The molecule has 2 aliphatic rings. The molecule has 1 saturated carbocycles. The minimum Gasteiger partial charge on any atom is -0.395 e. The number of aliphatic hydroxyl groups excluding tert-OH is 1. The molecule has 18 heavy (non-hydrogen) atoms. The van der Waals surface area contributed by atoms with Crippen LogP contribution in [0.5, 0.6) is 0 Å². The largest absolute Gasteiger partial charge is 0.395 e. The lowest BCUT2D eigenvalue weighted by molar-refractivity contribution is -0.138. The Morgan fingerprint density at radius 3 is 2.28 bits per heavy atom. The maximum absolute atomic E-state index is 12.4. The third kappa shape index (κ3) is 3.45. The van der Waals surface area contributed by atoms with E-state index in [-0.39, 0.29) is 12.5 Å². The van der Waals surface area contributed by atoms with Gasteiger partial charge in [0.25, 0.3) is 0 Å². The highest BCUT2D eigenvalue weighted by molar-refractivity contribution is 5.79. The van der Waals surface area contributed by atoms with Crippen molar-refractivity contribution in [2.75, 3.05) is 39.3 Å². The van der Waals surface area contributed by atoms with Crippen LogP contribution < -0.4 is 0 Å². The van der Waals surface area contributed by atoms with Gasteiger partial charge in [0.1, 0.15) is 0 Å². The fourth-order valence-corrected chi connectivity index (χ4v) is 3.10. The van der Waals surface area contributed by atoms with Gasteiger partial charge in [-0.05, 0) is 31.6 Å². The van der Waals surface area contributed by atoms with Gasteiger partial charge in [0.05, 0.1) is 6.61 Å². The van der Waals surface area contributed by atoms with Crippen molar-refractivity contribution in [3.05, 3.63) is 0 Å². The van der Waals surface area contributed by atoms with Gasteiger partial charge in [-0.3, -0.25) is 9.69 Å². The summed E-state index contributed by atoms with van der Waals surface area (Å²) in [7, 11) is 0. The Hall–Kier alpha value is -0.610. The van der Waals surface area contributed by atoms with E-state index in [0.717, 1.165) is 51.5 Å². The van der Waals surface area contributed by atoms with Crippen LogP contribution in [0.1, 0.15) is 32.6 Å². The number of piperazine rings is 1. The quantitative estimate of drug-likeness (QED) is 0.815. The van der Waals surface area contributed by atoms with Gasteiger partial charge in [-0.2, -0.15) is 0 Å². The van der Waals surface area contributed by atoms with E-state index in [4.69, 9.17) is 5.11 Å². The minimum atomic E-state index is 0.217. The zero-order chi connectivity index (χ0) is 13.0. The van der Waals surface area contributed by atoms with Gasteiger partial charge in [-0.25, -0.2) is 0 Å². The highest BCUT2D eigenvalue weighted by Gasteiger charge is 2.29. The number of amides is 1. The standard InChI is InChI=1S/C14H26N2O2/c1-12-2-4-13(5-3-12)14(18)16-8-6-15(7-9-16)10-11-17/h12-13,17H,2-11H2,1H3/t12-,13-. The zero-order valence-electron chi connectivity index (χ0n) is 11.5. The van der Waals surface area contributed by atoms with Crippen LogP contribution in [0, 0.1) is 11.8 Å². The van der Waals surface area contributed by atoms with E-state index in [1.807, 2.05) is 4.90 Å². The second-order valence-electron chi connectivity index (χ2n) is 5.85. The molecule has 1 heterocycles. The summed E-state index contributed by atoms with van der Waals surface area (Å²) in [5, 5.41) is 8.90.